The van der Waals surface area contributed by atoms with Crippen LogP contribution in [0.25, 0.3) is 5.57 Å². The van der Waals surface area contributed by atoms with Crippen molar-refractivity contribution in [3.05, 3.63) is 70.3 Å². The van der Waals surface area contributed by atoms with Gasteiger partial charge in [0.2, 0.25) is 0 Å². The molecule has 2 aromatic rings. The summed E-state index contributed by atoms with van der Waals surface area (Å²) in [7, 11) is 1.72. The maximum atomic E-state index is 12.7. The molecule has 0 saturated heterocycles. The summed E-state index contributed by atoms with van der Waals surface area (Å²) < 4.78 is 5.38. The Hall–Kier alpha value is -2.55. The smallest absolute Gasteiger partial charge is 0.255 e. The van der Waals surface area contributed by atoms with Gasteiger partial charge in [0.1, 0.15) is 5.75 Å². The predicted molar refractivity (Wildman–Crippen MR) is 93.1 cm³/mol. The van der Waals surface area contributed by atoms with Crippen molar-refractivity contribution in [3.63, 3.8) is 0 Å². The Morgan fingerprint density at radius 3 is 2.79 bits per heavy atom. The summed E-state index contributed by atoms with van der Waals surface area (Å²) in [4.78, 5) is 14.8. The number of carbonyl (C=O) groups excluding carboxylic acids is 1. The van der Waals surface area contributed by atoms with Crippen LogP contribution in [0.5, 0.6) is 5.75 Å². The van der Waals surface area contributed by atoms with Crippen LogP contribution < -0.4 is 4.74 Å². The topological polar surface area (TPSA) is 29.5 Å². The van der Waals surface area contributed by atoms with E-state index < -0.39 is 0 Å². The first kappa shape index (κ1) is 13.8. The van der Waals surface area contributed by atoms with Gasteiger partial charge in [-0.05, 0) is 65.3 Å². The molecule has 3 aliphatic rings. The first-order chi connectivity index (χ1) is 11.8. The largest absolute Gasteiger partial charge is 0.497 e. The second-order valence-electron chi connectivity index (χ2n) is 6.77. The highest BCUT2D eigenvalue weighted by molar-refractivity contribution is 6.00. The Balaban J connectivity index is 1.67. The van der Waals surface area contributed by atoms with Crippen LogP contribution in [0, 0.1) is 0 Å². The number of fused-ring (bicyclic) bond motifs is 6. The van der Waals surface area contributed by atoms with Crippen LogP contribution in [-0.4, -0.2) is 24.5 Å². The summed E-state index contributed by atoms with van der Waals surface area (Å²) in [5.74, 6) is 1.12. The summed E-state index contributed by atoms with van der Waals surface area (Å²) in [5.41, 5.74) is 7.69. The van der Waals surface area contributed by atoms with E-state index in [1.165, 1.54) is 27.8 Å². The molecule has 2 aliphatic heterocycles. The normalized spacial score (nSPS) is 21.1. The molecule has 2 heterocycles. The third-order valence-corrected chi connectivity index (χ3v) is 5.68. The van der Waals surface area contributed by atoms with Gasteiger partial charge in [0, 0.05) is 12.1 Å². The Morgan fingerprint density at radius 2 is 1.92 bits per heavy atom. The highest BCUT2D eigenvalue weighted by atomic mass is 16.5. The van der Waals surface area contributed by atoms with Gasteiger partial charge < -0.3 is 9.64 Å². The molecule has 120 valence electrons. The highest BCUT2D eigenvalue weighted by Gasteiger charge is 2.42. The molecule has 1 atom stereocenters. The zero-order chi connectivity index (χ0) is 16.3. The van der Waals surface area contributed by atoms with Crippen LogP contribution in [0.3, 0.4) is 0 Å². The molecule has 0 N–H and O–H groups in total. The lowest BCUT2D eigenvalue weighted by Crippen LogP contribution is -2.35. The number of amides is 1. The third-order valence-electron chi connectivity index (χ3n) is 5.68. The van der Waals surface area contributed by atoms with E-state index in [1.54, 1.807) is 7.11 Å². The minimum absolute atomic E-state index is 0.146. The molecular formula is C21H19NO2. The number of aryl methyl sites for hydroxylation is 1. The molecule has 0 aromatic heterocycles. The van der Waals surface area contributed by atoms with Gasteiger partial charge in [-0.2, -0.15) is 0 Å². The van der Waals surface area contributed by atoms with E-state index in [2.05, 4.69) is 29.2 Å². The number of methoxy groups -OCH3 is 1. The van der Waals surface area contributed by atoms with Gasteiger partial charge in [0.05, 0.1) is 13.2 Å². The summed E-state index contributed by atoms with van der Waals surface area (Å²) >= 11 is 0. The van der Waals surface area contributed by atoms with Crippen molar-refractivity contribution in [1.29, 1.82) is 0 Å². The van der Waals surface area contributed by atoms with Crippen LogP contribution in [0.2, 0.25) is 0 Å². The zero-order valence-electron chi connectivity index (χ0n) is 13.7. The first-order valence-electron chi connectivity index (χ1n) is 8.57. The maximum absolute atomic E-state index is 12.7. The average molecular weight is 317 g/mol. The zero-order valence-corrected chi connectivity index (χ0v) is 13.7. The van der Waals surface area contributed by atoms with Gasteiger partial charge >= 0.3 is 0 Å². The number of nitrogens with zero attached hydrogens (tertiary/aromatic N) is 1. The van der Waals surface area contributed by atoms with Crippen molar-refractivity contribution in [2.75, 3.05) is 13.7 Å². The Kier molecular flexibility index (Phi) is 2.87. The van der Waals surface area contributed by atoms with Crippen LogP contribution in [0.1, 0.15) is 45.9 Å². The number of carbonyl (C=O) groups is 1. The number of hydrogen-bond acceptors (Lipinski definition) is 2. The molecule has 1 amide bonds. The van der Waals surface area contributed by atoms with Crippen molar-refractivity contribution in [2.45, 2.75) is 25.3 Å². The maximum Gasteiger partial charge on any atom is 0.255 e. The van der Waals surface area contributed by atoms with Crippen molar-refractivity contribution >= 4 is 11.5 Å². The Labute approximate surface area is 141 Å². The van der Waals surface area contributed by atoms with Crippen molar-refractivity contribution in [3.8, 4) is 5.75 Å². The molecule has 2 aromatic carbocycles. The molecule has 0 saturated carbocycles. The van der Waals surface area contributed by atoms with Crippen molar-refractivity contribution in [2.24, 2.45) is 0 Å². The molecule has 5 rings (SSSR count). The SMILES string of the molecule is COc1ccc2c(c1)CCC1=C2CCN2C(=O)c3ccccc3C12. The number of ether oxygens (including phenoxy) is 1. The molecule has 3 heteroatoms. The summed E-state index contributed by atoms with van der Waals surface area (Å²) in [6.07, 6.45) is 3.00. The lowest BCUT2D eigenvalue weighted by atomic mass is 9.78. The number of benzene rings is 2. The summed E-state index contributed by atoms with van der Waals surface area (Å²) in [6, 6.07) is 14.7. The predicted octanol–water partition coefficient (Wildman–Crippen LogP) is 4.00. The fourth-order valence-electron chi connectivity index (χ4n) is 4.60. The van der Waals surface area contributed by atoms with Gasteiger partial charge in [-0.3, -0.25) is 4.79 Å². The van der Waals surface area contributed by atoms with Gasteiger partial charge in [0.25, 0.3) is 5.91 Å². The fraction of sp³-hybridized carbons (Fsp3) is 0.286. The molecule has 1 unspecified atom stereocenters. The molecule has 0 fully saturated rings. The lowest BCUT2D eigenvalue weighted by molar-refractivity contribution is 0.0741. The summed E-state index contributed by atoms with van der Waals surface area (Å²) in [6.45, 7) is 0.808. The molecule has 0 bridgehead atoms. The van der Waals surface area contributed by atoms with Crippen LogP contribution >= 0.6 is 0 Å². The quantitative estimate of drug-likeness (QED) is 0.796. The molecule has 0 radical (unpaired) electrons. The fourth-order valence-corrected chi connectivity index (χ4v) is 4.60. The van der Waals surface area contributed by atoms with Gasteiger partial charge in [-0.1, -0.05) is 24.3 Å². The Morgan fingerprint density at radius 1 is 1.04 bits per heavy atom. The van der Waals surface area contributed by atoms with E-state index in [9.17, 15) is 4.79 Å². The van der Waals surface area contributed by atoms with E-state index in [1.807, 2.05) is 18.2 Å². The molecule has 0 spiro atoms. The molecule has 1 aliphatic carbocycles. The molecule has 24 heavy (non-hydrogen) atoms. The van der Waals surface area contributed by atoms with E-state index in [-0.39, 0.29) is 11.9 Å². The van der Waals surface area contributed by atoms with E-state index in [0.29, 0.717) is 0 Å². The minimum atomic E-state index is 0.146. The van der Waals surface area contributed by atoms with Gasteiger partial charge in [-0.15, -0.1) is 0 Å². The van der Waals surface area contributed by atoms with E-state index in [4.69, 9.17) is 4.74 Å². The number of rotatable bonds is 1. The van der Waals surface area contributed by atoms with Gasteiger partial charge in [0.15, 0.2) is 0 Å². The van der Waals surface area contributed by atoms with E-state index in [0.717, 1.165) is 37.1 Å². The second-order valence-corrected chi connectivity index (χ2v) is 6.77. The van der Waals surface area contributed by atoms with Crippen molar-refractivity contribution in [1.82, 2.24) is 4.90 Å². The standard InChI is InChI=1S/C21H19NO2/c1-24-14-7-9-15-13(12-14)6-8-18-16(15)10-11-22-20(18)17-4-2-3-5-19(17)21(22)23/h2-5,7,9,12,20H,6,8,10-11H2,1H3. The lowest BCUT2D eigenvalue weighted by Gasteiger charge is -2.37. The Bertz CT molecular complexity index is 896. The monoisotopic (exact) mass is 317 g/mol. The second kappa shape index (κ2) is 4.97. The van der Waals surface area contributed by atoms with Crippen molar-refractivity contribution < 1.29 is 9.53 Å². The number of hydrogen-bond donors (Lipinski definition) is 0. The van der Waals surface area contributed by atoms with Crippen LogP contribution in [0.4, 0.5) is 0 Å². The van der Waals surface area contributed by atoms with E-state index >= 15 is 0 Å². The van der Waals surface area contributed by atoms with Crippen LogP contribution in [0.15, 0.2) is 48.0 Å². The third kappa shape index (κ3) is 1.75. The van der Waals surface area contributed by atoms with Gasteiger partial charge in [-0.25, -0.2) is 0 Å². The average Bonchev–Trinajstić information content (AvgIpc) is 2.94. The highest BCUT2D eigenvalue weighted by Crippen LogP contribution is 2.49. The summed E-state index contributed by atoms with van der Waals surface area (Å²) in [5, 5.41) is 0. The molecule has 3 nitrogen and oxygen atoms in total. The minimum Gasteiger partial charge on any atom is -0.497 e. The first-order valence-corrected chi connectivity index (χ1v) is 8.57. The van der Waals surface area contributed by atoms with Crippen LogP contribution in [-0.2, 0) is 6.42 Å². The molecular weight excluding hydrogens is 298 g/mol.